The van der Waals surface area contributed by atoms with Crippen molar-refractivity contribution in [3.05, 3.63) is 0 Å². The van der Waals surface area contributed by atoms with Gasteiger partial charge < -0.3 is 12.4 Å². The molecule has 0 bridgehead atoms. The molecule has 2 radical (unpaired) electrons. The second kappa shape index (κ2) is 45.7. The van der Waals surface area contributed by atoms with Crippen LogP contribution >= 0.6 is 0 Å². The topological polar surface area (TPSA) is 63.0 Å². The van der Waals surface area contributed by atoms with E-state index in [4.69, 9.17) is 0 Å². The monoisotopic (exact) mass is 102 g/mol. The molecule has 28 valence electrons. The summed E-state index contributed by atoms with van der Waals surface area (Å²) in [6.07, 6.45) is 0. The first kappa shape index (κ1) is 30.4. The molecule has 0 saturated heterocycles. The van der Waals surface area contributed by atoms with Crippen molar-refractivity contribution in [3.8, 4) is 0 Å². The third-order valence-corrected chi connectivity index (χ3v) is 0. The predicted molar refractivity (Wildman–Crippen MR) is 20.0 cm³/mol. The van der Waals surface area contributed by atoms with Crippen molar-refractivity contribution in [2.24, 2.45) is 0 Å². The number of hydrogen-bond donors (Lipinski definition) is 0. The van der Waals surface area contributed by atoms with E-state index in [1.807, 2.05) is 0 Å². The smallest absolute Gasteiger partial charge is 1.00 e. The second-order valence-corrected chi connectivity index (χ2v) is 0. The molecule has 0 aromatic carbocycles. The standard InChI is InChI=1S/CH3B.K.2H2O.H/c1-2;;;;/h1H3;;2*1H2;/q;+1;;;-1. The van der Waals surface area contributed by atoms with E-state index in [0.29, 0.717) is 0 Å². The van der Waals surface area contributed by atoms with Gasteiger partial charge >= 0.3 is 51.4 Å². The minimum absolute atomic E-state index is 0. The minimum Gasteiger partial charge on any atom is -1.00 e. The van der Waals surface area contributed by atoms with Gasteiger partial charge in [-0.15, -0.1) is 0 Å². The molecule has 0 atom stereocenters. The van der Waals surface area contributed by atoms with Crippen molar-refractivity contribution in [1.29, 1.82) is 0 Å². The van der Waals surface area contributed by atoms with E-state index in [-0.39, 0.29) is 63.8 Å². The van der Waals surface area contributed by atoms with Crippen LogP contribution in [0.3, 0.4) is 0 Å². The summed E-state index contributed by atoms with van der Waals surface area (Å²) in [4.78, 5) is 0. The molecule has 0 aliphatic carbocycles. The van der Waals surface area contributed by atoms with Crippen LogP contribution < -0.4 is 51.4 Å². The molecule has 0 aliphatic heterocycles. The average Bonchev–Trinajstić information content (AvgIpc) is 1.00. The minimum atomic E-state index is 0. The van der Waals surface area contributed by atoms with Crippen molar-refractivity contribution in [2.75, 3.05) is 0 Å². The van der Waals surface area contributed by atoms with Crippen LogP contribution in [-0.4, -0.2) is 18.8 Å². The molecule has 0 aromatic rings. The third-order valence-electron chi connectivity index (χ3n) is 0. The fourth-order valence-electron chi connectivity index (χ4n) is 0. The molecule has 4 heteroatoms. The average molecular weight is 102 g/mol. The van der Waals surface area contributed by atoms with Gasteiger partial charge in [0.2, 0.25) is 0 Å². The van der Waals surface area contributed by atoms with Gasteiger partial charge in [0.25, 0.3) is 0 Å². The van der Waals surface area contributed by atoms with Crippen LogP contribution in [0, 0.1) is 0 Å². The summed E-state index contributed by atoms with van der Waals surface area (Å²) in [6, 6.07) is 0. The van der Waals surface area contributed by atoms with Gasteiger partial charge in [-0.1, -0.05) is 6.82 Å². The first-order valence-electron chi connectivity index (χ1n) is 0.577. The van der Waals surface area contributed by atoms with Gasteiger partial charge in [0, 0.05) is 0 Å². The molecule has 0 unspecified atom stereocenters. The quantitative estimate of drug-likeness (QED) is 0.277. The fourth-order valence-corrected chi connectivity index (χ4v) is 0. The largest absolute Gasteiger partial charge is 1.00 e. The maximum absolute atomic E-state index is 4.50. The SMILES string of the molecule is O.O.[B]C.[H-].[K+]. The summed E-state index contributed by atoms with van der Waals surface area (Å²) >= 11 is 0. The molecule has 0 rings (SSSR count). The van der Waals surface area contributed by atoms with E-state index in [0.717, 1.165) is 0 Å². The van der Waals surface area contributed by atoms with Gasteiger partial charge in [-0.3, -0.25) is 0 Å². The van der Waals surface area contributed by atoms with Crippen LogP contribution in [0.5, 0.6) is 0 Å². The molecular formula is CH8BKO2. The van der Waals surface area contributed by atoms with Crippen molar-refractivity contribution in [3.63, 3.8) is 0 Å². The normalized spacial score (nSPS) is 1.00. The molecule has 2 nitrogen and oxygen atoms in total. The molecule has 0 saturated carbocycles. The summed E-state index contributed by atoms with van der Waals surface area (Å²) in [6.45, 7) is 1.50. The van der Waals surface area contributed by atoms with Crippen molar-refractivity contribution in [1.82, 2.24) is 0 Å². The molecule has 0 aliphatic rings. The van der Waals surface area contributed by atoms with Gasteiger partial charge in [0.15, 0.2) is 0 Å². The Hall–Kier alpha value is 1.62. The van der Waals surface area contributed by atoms with E-state index in [1.54, 1.807) is 0 Å². The summed E-state index contributed by atoms with van der Waals surface area (Å²) in [5.74, 6) is 0. The Balaban J connectivity index is -0.000000000833. The zero-order valence-corrected chi connectivity index (χ0v) is 6.70. The summed E-state index contributed by atoms with van der Waals surface area (Å²) in [5, 5.41) is 0. The van der Waals surface area contributed by atoms with Crippen molar-refractivity contribution in [2.45, 2.75) is 6.82 Å². The second-order valence-electron chi connectivity index (χ2n) is 0. The fraction of sp³-hybridized carbons (Fsp3) is 1.00. The van der Waals surface area contributed by atoms with E-state index in [1.165, 1.54) is 6.82 Å². The molecule has 0 heterocycles. The third kappa shape index (κ3) is 28.0. The van der Waals surface area contributed by atoms with Crippen molar-refractivity contribution < 1.29 is 63.8 Å². The Morgan fingerprint density at radius 3 is 1.20 bits per heavy atom. The summed E-state index contributed by atoms with van der Waals surface area (Å²) in [5.41, 5.74) is 0. The molecule has 0 amide bonds. The molecule has 4 N–H and O–H groups in total. The Kier molecular flexibility index (Phi) is 278. The van der Waals surface area contributed by atoms with E-state index in [9.17, 15) is 0 Å². The van der Waals surface area contributed by atoms with Crippen LogP contribution in [0.15, 0.2) is 0 Å². The van der Waals surface area contributed by atoms with Gasteiger partial charge in [-0.05, 0) is 0 Å². The predicted octanol–water partition coefficient (Wildman–Crippen LogP) is -4.33. The van der Waals surface area contributed by atoms with Gasteiger partial charge in [0.05, 0.1) is 7.85 Å². The first-order valence-corrected chi connectivity index (χ1v) is 0.577. The van der Waals surface area contributed by atoms with Crippen LogP contribution in [0.25, 0.3) is 0 Å². The van der Waals surface area contributed by atoms with Crippen LogP contribution in [0.4, 0.5) is 0 Å². The van der Waals surface area contributed by atoms with Gasteiger partial charge in [0.1, 0.15) is 0 Å². The van der Waals surface area contributed by atoms with Crippen LogP contribution in [0.2, 0.25) is 6.82 Å². The van der Waals surface area contributed by atoms with Gasteiger partial charge in [-0.25, -0.2) is 0 Å². The van der Waals surface area contributed by atoms with E-state index in [2.05, 4.69) is 7.85 Å². The summed E-state index contributed by atoms with van der Waals surface area (Å²) < 4.78 is 0. The molecule has 0 aromatic heterocycles. The van der Waals surface area contributed by atoms with Gasteiger partial charge in [-0.2, -0.15) is 0 Å². The van der Waals surface area contributed by atoms with E-state index >= 15 is 0 Å². The Labute approximate surface area is 77.3 Å². The zero-order chi connectivity index (χ0) is 2.00. The number of hydrogen-bond acceptors (Lipinski definition) is 0. The maximum Gasteiger partial charge on any atom is 1.00 e. The molecular weight excluding hydrogens is 93.9 g/mol. The maximum atomic E-state index is 4.50. The van der Waals surface area contributed by atoms with Crippen molar-refractivity contribution >= 4 is 7.85 Å². The van der Waals surface area contributed by atoms with Crippen LogP contribution in [0.1, 0.15) is 1.43 Å². The van der Waals surface area contributed by atoms with Crippen LogP contribution in [-0.2, 0) is 0 Å². The van der Waals surface area contributed by atoms with E-state index < -0.39 is 0 Å². The molecule has 0 fully saturated rings. The first-order chi connectivity index (χ1) is 1.00. The number of rotatable bonds is 0. The Morgan fingerprint density at radius 1 is 1.20 bits per heavy atom. The molecule has 0 spiro atoms. The summed E-state index contributed by atoms with van der Waals surface area (Å²) in [7, 11) is 4.50. The Morgan fingerprint density at radius 2 is 1.20 bits per heavy atom. The Bertz CT molecular complexity index is 13.5. The zero-order valence-electron chi connectivity index (χ0n) is 4.58. The molecule has 5 heavy (non-hydrogen) atoms.